The molecule has 0 radical (unpaired) electrons. The summed E-state index contributed by atoms with van der Waals surface area (Å²) in [5, 5.41) is 3.36. The van der Waals surface area contributed by atoms with E-state index in [1.54, 1.807) is 0 Å². The Morgan fingerprint density at radius 1 is 1.41 bits per heavy atom. The minimum atomic E-state index is 0.737. The molecule has 1 aliphatic rings. The molecule has 0 atom stereocenters. The number of piperazine rings is 1. The van der Waals surface area contributed by atoms with Crippen molar-refractivity contribution in [2.75, 3.05) is 31.1 Å². The van der Waals surface area contributed by atoms with Crippen LogP contribution in [0.1, 0.15) is 16.7 Å². The van der Waals surface area contributed by atoms with Crippen molar-refractivity contribution in [3.63, 3.8) is 0 Å². The lowest BCUT2D eigenvalue weighted by molar-refractivity contribution is 0.588. The van der Waals surface area contributed by atoms with Crippen molar-refractivity contribution in [1.82, 2.24) is 5.32 Å². The van der Waals surface area contributed by atoms with Gasteiger partial charge in [0.05, 0.1) is 0 Å². The standard InChI is InChI=1S/C14H18N2S/c1-3-12-8-13(10-17)11(2)14(9-12)16-6-4-15-5-7-16/h1,8-9,15,17H,4-7,10H2,2H3. The zero-order valence-electron chi connectivity index (χ0n) is 10.2. The molecule has 1 N–H and O–H groups in total. The number of benzene rings is 1. The van der Waals surface area contributed by atoms with Gasteiger partial charge in [-0.1, -0.05) is 5.92 Å². The molecule has 1 aromatic rings. The maximum atomic E-state index is 5.52. The largest absolute Gasteiger partial charge is 0.369 e. The Morgan fingerprint density at radius 2 is 2.12 bits per heavy atom. The van der Waals surface area contributed by atoms with Gasteiger partial charge in [0.25, 0.3) is 0 Å². The second-order valence-electron chi connectivity index (χ2n) is 4.32. The number of nitrogens with zero attached hydrogens (tertiary/aromatic N) is 1. The van der Waals surface area contributed by atoms with Gasteiger partial charge < -0.3 is 10.2 Å². The summed E-state index contributed by atoms with van der Waals surface area (Å²) in [5.74, 6) is 3.47. The average Bonchev–Trinajstić information content (AvgIpc) is 2.40. The van der Waals surface area contributed by atoms with E-state index in [-0.39, 0.29) is 0 Å². The molecule has 90 valence electrons. The molecule has 0 aliphatic carbocycles. The molecule has 2 rings (SSSR count). The third-order valence-electron chi connectivity index (χ3n) is 3.28. The summed E-state index contributed by atoms with van der Waals surface area (Å²) in [4.78, 5) is 2.40. The number of nitrogens with one attached hydrogen (secondary N) is 1. The predicted molar refractivity (Wildman–Crippen MR) is 76.9 cm³/mol. The minimum absolute atomic E-state index is 0.737. The van der Waals surface area contributed by atoms with Crippen LogP contribution in [0.2, 0.25) is 0 Å². The Morgan fingerprint density at radius 3 is 2.71 bits per heavy atom. The van der Waals surface area contributed by atoms with Crippen LogP contribution in [0.3, 0.4) is 0 Å². The Kier molecular flexibility index (Phi) is 3.98. The highest BCUT2D eigenvalue weighted by atomic mass is 32.1. The average molecular weight is 246 g/mol. The van der Waals surface area contributed by atoms with Crippen molar-refractivity contribution < 1.29 is 0 Å². The number of anilines is 1. The van der Waals surface area contributed by atoms with Crippen molar-refractivity contribution in [2.45, 2.75) is 12.7 Å². The molecule has 1 aliphatic heterocycles. The summed E-state index contributed by atoms with van der Waals surface area (Å²) < 4.78 is 0. The quantitative estimate of drug-likeness (QED) is 0.611. The van der Waals surface area contributed by atoms with E-state index in [9.17, 15) is 0 Å². The molecule has 1 aromatic carbocycles. The SMILES string of the molecule is C#Cc1cc(CS)c(C)c(N2CCNCC2)c1. The van der Waals surface area contributed by atoms with Gasteiger partial charge in [-0.25, -0.2) is 0 Å². The third kappa shape index (κ3) is 2.59. The van der Waals surface area contributed by atoms with E-state index in [1.165, 1.54) is 16.8 Å². The van der Waals surface area contributed by atoms with E-state index in [1.807, 2.05) is 0 Å². The highest BCUT2D eigenvalue weighted by Crippen LogP contribution is 2.26. The Labute approximate surface area is 109 Å². The number of hydrogen-bond acceptors (Lipinski definition) is 3. The van der Waals surface area contributed by atoms with E-state index >= 15 is 0 Å². The lowest BCUT2D eigenvalue weighted by Gasteiger charge is -2.31. The molecule has 1 saturated heterocycles. The third-order valence-corrected chi connectivity index (χ3v) is 3.62. The Bertz CT molecular complexity index is 442. The molecule has 0 aromatic heterocycles. The Hall–Kier alpha value is -1.11. The molecular weight excluding hydrogens is 228 g/mol. The fraction of sp³-hybridized carbons (Fsp3) is 0.429. The maximum Gasteiger partial charge on any atom is 0.0412 e. The van der Waals surface area contributed by atoms with Gasteiger partial charge in [0.15, 0.2) is 0 Å². The van der Waals surface area contributed by atoms with Crippen molar-refractivity contribution >= 4 is 18.3 Å². The topological polar surface area (TPSA) is 15.3 Å². The summed E-state index contributed by atoms with van der Waals surface area (Å²) in [7, 11) is 0. The van der Waals surface area contributed by atoms with Gasteiger partial charge >= 0.3 is 0 Å². The normalized spacial score (nSPS) is 15.7. The predicted octanol–water partition coefficient (Wildman–Crippen LogP) is 1.82. The zero-order valence-corrected chi connectivity index (χ0v) is 11.1. The van der Waals surface area contributed by atoms with Crippen LogP contribution in [0.25, 0.3) is 0 Å². The van der Waals surface area contributed by atoms with Gasteiger partial charge in [-0.05, 0) is 30.2 Å². The van der Waals surface area contributed by atoms with Crippen LogP contribution in [0.5, 0.6) is 0 Å². The van der Waals surface area contributed by atoms with E-state index in [4.69, 9.17) is 6.42 Å². The second-order valence-corrected chi connectivity index (χ2v) is 4.64. The Balaban J connectivity index is 2.40. The lowest BCUT2D eigenvalue weighted by Crippen LogP contribution is -2.43. The monoisotopic (exact) mass is 246 g/mol. The van der Waals surface area contributed by atoms with E-state index < -0.39 is 0 Å². The summed E-state index contributed by atoms with van der Waals surface area (Å²) >= 11 is 4.38. The van der Waals surface area contributed by atoms with Crippen molar-refractivity contribution in [3.8, 4) is 12.3 Å². The van der Waals surface area contributed by atoms with E-state index in [0.717, 1.165) is 37.5 Å². The summed E-state index contributed by atoms with van der Waals surface area (Å²) in [6.07, 6.45) is 5.52. The van der Waals surface area contributed by atoms with Gasteiger partial charge in [-0.2, -0.15) is 12.6 Å². The molecule has 0 amide bonds. The fourth-order valence-corrected chi connectivity index (χ4v) is 2.57. The molecule has 17 heavy (non-hydrogen) atoms. The summed E-state index contributed by atoms with van der Waals surface area (Å²) in [6.45, 7) is 6.32. The van der Waals surface area contributed by atoms with Crippen LogP contribution in [0.15, 0.2) is 12.1 Å². The van der Waals surface area contributed by atoms with Gasteiger partial charge in [-0.15, -0.1) is 6.42 Å². The minimum Gasteiger partial charge on any atom is -0.369 e. The van der Waals surface area contributed by atoms with Crippen LogP contribution in [-0.4, -0.2) is 26.2 Å². The maximum absolute atomic E-state index is 5.52. The van der Waals surface area contributed by atoms with E-state index in [2.05, 4.69) is 47.8 Å². The molecule has 0 saturated carbocycles. The lowest BCUT2D eigenvalue weighted by atomic mass is 10.0. The molecule has 1 fully saturated rings. The van der Waals surface area contributed by atoms with Crippen LogP contribution in [-0.2, 0) is 5.75 Å². The zero-order chi connectivity index (χ0) is 12.3. The first kappa shape index (κ1) is 12.3. The van der Waals surface area contributed by atoms with Gasteiger partial charge in [0.1, 0.15) is 0 Å². The summed E-state index contributed by atoms with van der Waals surface area (Å²) in [6, 6.07) is 4.18. The number of thiol groups is 1. The van der Waals surface area contributed by atoms with Crippen LogP contribution >= 0.6 is 12.6 Å². The highest BCUT2D eigenvalue weighted by Gasteiger charge is 2.14. The summed E-state index contributed by atoms with van der Waals surface area (Å²) in [5.41, 5.74) is 4.76. The second kappa shape index (κ2) is 5.48. The van der Waals surface area contributed by atoms with Crippen LogP contribution in [0.4, 0.5) is 5.69 Å². The first-order valence-corrected chi connectivity index (χ1v) is 6.56. The van der Waals surface area contributed by atoms with Crippen molar-refractivity contribution in [3.05, 3.63) is 28.8 Å². The van der Waals surface area contributed by atoms with Gasteiger partial charge in [-0.3, -0.25) is 0 Å². The molecule has 0 bridgehead atoms. The molecular formula is C14H18N2S. The fourth-order valence-electron chi connectivity index (χ4n) is 2.24. The number of rotatable bonds is 2. The first-order chi connectivity index (χ1) is 8.26. The molecule has 1 heterocycles. The molecule has 2 nitrogen and oxygen atoms in total. The molecule has 0 spiro atoms. The smallest absolute Gasteiger partial charge is 0.0412 e. The van der Waals surface area contributed by atoms with Gasteiger partial charge in [0.2, 0.25) is 0 Å². The van der Waals surface area contributed by atoms with Crippen LogP contribution < -0.4 is 10.2 Å². The van der Waals surface area contributed by atoms with Crippen molar-refractivity contribution in [2.24, 2.45) is 0 Å². The number of terminal acetylenes is 1. The molecule has 3 heteroatoms. The highest BCUT2D eigenvalue weighted by molar-refractivity contribution is 7.79. The molecule has 0 unspecified atom stereocenters. The first-order valence-electron chi connectivity index (χ1n) is 5.93. The van der Waals surface area contributed by atoms with Gasteiger partial charge in [0, 0.05) is 43.2 Å². The van der Waals surface area contributed by atoms with Crippen LogP contribution in [0, 0.1) is 19.3 Å². The van der Waals surface area contributed by atoms with Crippen molar-refractivity contribution in [1.29, 1.82) is 0 Å². The number of hydrogen-bond donors (Lipinski definition) is 2. The van der Waals surface area contributed by atoms with E-state index in [0.29, 0.717) is 0 Å².